The first-order chi connectivity index (χ1) is 11.4. The molecule has 4 rings (SSSR count). The van der Waals surface area contributed by atoms with Crippen molar-refractivity contribution in [2.24, 2.45) is 0 Å². The minimum absolute atomic E-state index is 0.409. The lowest BCUT2D eigenvalue weighted by atomic mass is 9.94. The summed E-state index contributed by atoms with van der Waals surface area (Å²) in [6, 6.07) is 12.0. The topological polar surface area (TPSA) is 42.2 Å². The van der Waals surface area contributed by atoms with Crippen LogP contribution in [0.1, 0.15) is 55.4 Å². The summed E-state index contributed by atoms with van der Waals surface area (Å²) in [5.41, 5.74) is 1.42. The Balaban J connectivity index is 1.56. The van der Waals surface area contributed by atoms with Crippen molar-refractivity contribution in [2.75, 3.05) is 12.3 Å². The van der Waals surface area contributed by atoms with Crippen molar-refractivity contribution in [3.05, 3.63) is 47.6 Å². The van der Waals surface area contributed by atoms with Crippen LogP contribution in [0.25, 0.3) is 0 Å². The zero-order valence-electron chi connectivity index (χ0n) is 13.5. The molecule has 1 aromatic carbocycles. The molecule has 0 aliphatic carbocycles. The van der Waals surface area contributed by atoms with Crippen LogP contribution in [0.15, 0.2) is 34.9 Å². The van der Waals surface area contributed by atoms with Crippen molar-refractivity contribution < 1.29 is 4.52 Å². The van der Waals surface area contributed by atoms with Gasteiger partial charge in [-0.15, -0.1) is 0 Å². The third kappa shape index (κ3) is 2.92. The molecule has 3 atom stereocenters. The molecular formula is C18H23N3OS. The average Bonchev–Trinajstić information content (AvgIpc) is 3.29. The Kier molecular flexibility index (Phi) is 4.40. The van der Waals surface area contributed by atoms with E-state index in [9.17, 15) is 0 Å². The molecule has 0 bridgehead atoms. The lowest BCUT2D eigenvalue weighted by Crippen LogP contribution is -2.27. The highest BCUT2D eigenvalue weighted by atomic mass is 32.2. The van der Waals surface area contributed by atoms with Gasteiger partial charge in [-0.1, -0.05) is 42.4 Å². The second-order valence-corrected chi connectivity index (χ2v) is 7.67. The third-order valence-corrected chi connectivity index (χ3v) is 5.97. The van der Waals surface area contributed by atoms with Crippen LogP contribution in [0.4, 0.5) is 0 Å². The fraction of sp³-hybridized carbons (Fsp3) is 0.556. The molecule has 23 heavy (non-hydrogen) atoms. The third-order valence-electron chi connectivity index (χ3n) is 5.11. The van der Waals surface area contributed by atoms with E-state index in [-0.39, 0.29) is 0 Å². The Morgan fingerprint density at radius 2 is 2.17 bits per heavy atom. The van der Waals surface area contributed by atoms with Gasteiger partial charge in [-0.3, -0.25) is 4.90 Å². The normalized spacial score (nSPS) is 27.4. The van der Waals surface area contributed by atoms with Crippen molar-refractivity contribution in [3.8, 4) is 0 Å². The van der Waals surface area contributed by atoms with Crippen LogP contribution in [0, 0.1) is 0 Å². The zero-order chi connectivity index (χ0) is 15.6. The minimum Gasteiger partial charge on any atom is -0.338 e. The Morgan fingerprint density at radius 3 is 3.00 bits per heavy atom. The molecule has 0 N–H and O–H groups in total. The molecule has 0 amide bonds. The molecule has 4 nitrogen and oxygen atoms in total. The number of hydrogen-bond acceptors (Lipinski definition) is 5. The SMILES string of the molecule is CCSCc1nc([C@@H]2C[C@H](c3ccccc3)N3CCC[C@@H]23)no1. The van der Waals surface area contributed by atoms with Gasteiger partial charge in [0.2, 0.25) is 5.89 Å². The molecule has 122 valence electrons. The van der Waals surface area contributed by atoms with Gasteiger partial charge in [0.1, 0.15) is 0 Å². The first kappa shape index (κ1) is 15.2. The van der Waals surface area contributed by atoms with E-state index in [2.05, 4.69) is 47.3 Å². The second kappa shape index (κ2) is 6.65. The molecule has 2 aliphatic rings. The van der Waals surface area contributed by atoms with Crippen LogP contribution in [0.5, 0.6) is 0 Å². The molecule has 2 fully saturated rings. The van der Waals surface area contributed by atoms with E-state index in [1.54, 1.807) is 0 Å². The van der Waals surface area contributed by atoms with Crippen LogP contribution >= 0.6 is 11.8 Å². The van der Waals surface area contributed by atoms with Crippen LogP contribution in [-0.4, -0.2) is 33.4 Å². The highest BCUT2D eigenvalue weighted by Gasteiger charge is 2.46. The molecule has 0 unspecified atom stereocenters. The van der Waals surface area contributed by atoms with E-state index < -0.39 is 0 Å². The number of aromatic nitrogens is 2. The van der Waals surface area contributed by atoms with Crippen molar-refractivity contribution in [3.63, 3.8) is 0 Å². The standard InChI is InChI=1S/C18H23N3OS/c1-2-23-12-17-19-18(20-22-17)14-11-16(13-7-4-3-5-8-13)21-10-6-9-15(14)21/h3-5,7-8,14-16H,2,6,9-12H2,1H3/t14-,15+,16-/m1/s1. The summed E-state index contributed by atoms with van der Waals surface area (Å²) >= 11 is 1.83. The Labute approximate surface area is 141 Å². The van der Waals surface area contributed by atoms with Gasteiger partial charge in [0, 0.05) is 18.0 Å². The second-order valence-electron chi connectivity index (χ2n) is 6.40. The number of hydrogen-bond donors (Lipinski definition) is 0. The molecule has 2 aromatic rings. The molecule has 3 heterocycles. The largest absolute Gasteiger partial charge is 0.338 e. The smallest absolute Gasteiger partial charge is 0.236 e. The maximum absolute atomic E-state index is 5.47. The number of rotatable bonds is 5. The van der Waals surface area contributed by atoms with Crippen molar-refractivity contribution in [1.29, 1.82) is 0 Å². The van der Waals surface area contributed by atoms with E-state index in [1.165, 1.54) is 24.9 Å². The van der Waals surface area contributed by atoms with Gasteiger partial charge in [0.05, 0.1) is 5.75 Å². The van der Waals surface area contributed by atoms with Crippen molar-refractivity contribution >= 4 is 11.8 Å². The molecule has 1 aromatic heterocycles. The number of nitrogens with zero attached hydrogens (tertiary/aromatic N) is 3. The van der Waals surface area contributed by atoms with E-state index in [0.717, 1.165) is 29.6 Å². The van der Waals surface area contributed by atoms with Gasteiger partial charge in [-0.25, -0.2) is 0 Å². The summed E-state index contributed by atoms with van der Waals surface area (Å²) in [4.78, 5) is 7.36. The van der Waals surface area contributed by atoms with Gasteiger partial charge < -0.3 is 4.52 Å². The van der Waals surface area contributed by atoms with Gasteiger partial charge in [-0.2, -0.15) is 16.7 Å². The zero-order valence-corrected chi connectivity index (χ0v) is 14.3. The lowest BCUT2D eigenvalue weighted by molar-refractivity contribution is 0.243. The summed E-state index contributed by atoms with van der Waals surface area (Å²) in [6.07, 6.45) is 3.64. The van der Waals surface area contributed by atoms with Crippen LogP contribution in [0.3, 0.4) is 0 Å². The van der Waals surface area contributed by atoms with Crippen LogP contribution < -0.4 is 0 Å². The molecule has 0 radical (unpaired) electrons. The van der Waals surface area contributed by atoms with Crippen LogP contribution in [0.2, 0.25) is 0 Å². The summed E-state index contributed by atoms with van der Waals surface area (Å²) < 4.78 is 5.47. The minimum atomic E-state index is 0.409. The van der Waals surface area contributed by atoms with Gasteiger partial charge in [0.15, 0.2) is 5.82 Å². The summed E-state index contributed by atoms with van der Waals surface area (Å²) in [7, 11) is 0. The van der Waals surface area contributed by atoms with Gasteiger partial charge >= 0.3 is 0 Å². The van der Waals surface area contributed by atoms with Gasteiger partial charge in [0.25, 0.3) is 0 Å². The number of fused-ring (bicyclic) bond motifs is 1. The fourth-order valence-corrected chi connectivity index (χ4v) is 4.61. The average molecular weight is 329 g/mol. The summed E-state index contributed by atoms with van der Waals surface area (Å²) in [5.74, 6) is 4.01. The Hall–Kier alpha value is -1.33. The maximum Gasteiger partial charge on any atom is 0.236 e. The molecule has 0 saturated carbocycles. The predicted octanol–water partition coefficient (Wildman–Crippen LogP) is 4.02. The molecule has 2 saturated heterocycles. The summed E-state index contributed by atoms with van der Waals surface area (Å²) in [5, 5.41) is 4.31. The monoisotopic (exact) mass is 329 g/mol. The molecule has 0 spiro atoms. The highest BCUT2D eigenvalue weighted by molar-refractivity contribution is 7.98. The summed E-state index contributed by atoms with van der Waals surface area (Å²) in [6.45, 7) is 3.34. The molecular weight excluding hydrogens is 306 g/mol. The van der Waals surface area contributed by atoms with Crippen molar-refractivity contribution in [2.45, 2.75) is 49.9 Å². The van der Waals surface area contributed by atoms with Crippen LogP contribution in [-0.2, 0) is 5.75 Å². The maximum atomic E-state index is 5.47. The van der Waals surface area contributed by atoms with Gasteiger partial charge in [-0.05, 0) is 37.1 Å². The molecule has 2 aliphatic heterocycles. The van der Waals surface area contributed by atoms with E-state index >= 15 is 0 Å². The predicted molar refractivity (Wildman–Crippen MR) is 92.4 cm³/mol. The highest BCUT2D eigenvalue weighted by Crippen LogP contribution is 2.48. The fourth-order valence-electron chi connectivity index (χ4n) is 4.11. The van der Waals surface area contributed by atoms with E-state index in [1.807, 2.05) is 11.8 Å². The van der Waals surface area contributed by atoms with E-state index in [4.69, 9.17) is 9.51 Å². The Bertz CT molecular complexity index is 645. The first-order valence-corrected chi connectivity index (χ1v) is 9.73. The lowest BCUT2D eigenvalue weighted by Gasteiger charge is -2.24. The first-order valence-electron chi connectivity index (χ1n) is 8.57. The van der Waals surface area contributed by atoms with Crippen molar-refractivity contribution in [1.82, 2.24) is 15.0 Å². The molecule has 5 heteroatoms. The van der Waals surface area contributed by atoms with E-state index in [0.29, 0.717) is 18.0 Å². The quantitative estimate of drug-likeness (QED) is 0.829. The Morgan fingerprint density at radius 1 is 1.30 bits per heavy atom. The number of thioether (sulfide) groups is 1. The number of benzene rings is 1.